The van der Waals surface area contributed by atoms with Crippen LogP contribution in [0.25, 0.3) is 0 Å². The molecule has 1 unspecified atom stereocenters. The van der Waals surface area contributed by atoms with Crippen LogP contribution in [0, 0.1) is 11.3 Å². The predicted molar refractivity (Wildman–Crippen MR) is 80.6 cm³/mol. The molecule has 0 N–H and O–H groups in total. The average molecular weight is 293 g/mol. The summed E-state index contributed by atoms with van der Waals surface area (Å²) in [5.74, 6) is 0.190. The minimum absolute atomic E-state index is 0.0506. The topological polar surface area (TPSA) is 59.3 Å². The molecule has 110 valence electrons. The van der Waals surface area contributed by atoms with Gasteiger partial charge in [-0.25, -0.2) is 4.79 Å². The highest BCUT2D eigenvalue weighted by atomic mass is 16.5. The molecule has 1 aliphatic rings. The van der Waals surface area contributed by atoms with Crippen LogP contribution in [0.5, 0.6) is 5.75 Å². The Bertz CT molecular complexity index is 761. The molecule has 0 saturated carbocycles. The normalized spacial score (nSPS) is 15.5. The summed E-state index contributed by atoms with van der Waals surface area (Å²) in [7, 11) is 1.35. The highest BCUT2D eigenvalue weighted by molar-refractivity contribution is 5.90. The van der Waals surface area contributed by atoms with Crippen molar-refractivity contribution < 1.29 is 14.3 Å². The molecule has 0 saturated heterocycles. The number of carbonyl (C=O) groups excluding carboxylic acids is 1. The van der Waals surface area contributed by atoms with Gasteiger partial charge in [-0.15, -0.1) is 0 Å². The molecule has 0 bridgehead atoms. The van der Waals surface area contributed by atoms with Crippen LogP contribution in [-0.4, -0.2) is 13.1 Å². The molecule has 3 rings (SSSR count). The van der Waals surface area contributed by atoms with E-state index < -0.39 is 5.97 Å². The van der Waals surface area contributed by atoms with E-state index in [9.17, 15) is 10.1 Å². The fourth-order valence-electron chi connectivity index (χ4n) is 2.83. The lowest BCUT2D eigenvalue weighted by Crippen LogP contribution is -2.04. The maximum Gasteiger partial charge on any atom is 0.337 e. The first-order valence-electron chi connectivity index (χ1n) is 7.04. The van der Waals surface area contributed by atoms with Crippen molar-refractivity contribution in [3.05, 3.63) is 64.7 Å². The maximum absolute atomic E-state index is 11.7. The van der Waals surface area contributed by atoms with Gasteiger partial charge in [-0.1, -0.05) is 30.3 Å². The third-order valence-corrected chi connectivity index (χ3v) is 3.92. The van der Waals surface area contributed by atoms with Gasteiger partial charge in [0.1, 0.15) is 12.4 Å². The van der Waals surface area contributed by atoms with Crippen molar-refractivity contribution in [2.45, 2.75) is 18.9 Å². The van der Waals surface area contributed by atoms with Crippen LogP contribution in [0.1, 0.15) is 39.4 Å². The highest BCUT2D eigenvalue weighted by Gasteiger charge is 2.25. The van der Waals surface area contributed by atoms with Gasteiger partial charge in [0.05, 0.1) is 18.7 Å². The third kappa shape index (κ3) is 2.42. The number of ether oxygens (including phenoxy) is 2. The first-order valence-corrected chi connectivity index (χ1v) is 7.04. The van der Waals surface area contributed by atoms with Gasteiger partial charge in [-0.3, -0.25) is 0 Å². The van der Waals surface area contributed by atoms with Crippen molar-refractivity contribution in [2.75, 3.05) is 7.11 Å². The van der Waals surface area contributed by atoms with Crippen LogP contribution in [0.3, 0.4) is 0 Å². The van der Waals surface area contributed by atoms with Crippen LogP contribution in [0.4, 0.5) is 0 Å². The first-order chi connectivity index (χ1) is 10.7. The average Bonchev–Trinajstić information content (AvgIpc) is 2.72. The Morgan fingerprint density at radius 1 is 1.32 bits per heavy atom. The first kappa shape index (κ1) is 14.2. The van der Waals surface area contributed by atoms with Crippen molar-refractivity contribution in [1.29, 1.82) is 5.26 Å². The Balaban J connectivity index is 2.11. The zero-order valence-electron chi connectivity index (χ0n) is 12.2. The number of benzene rings is 2. The summed E-state index contributed by atoms with van der Waals surface area (Å²) in [6, 6.07) is 15.5. The summed E-state index contributed by atoms with van der Waals surface area (Å²) in [6.07, 6.45) is 0.366. The lowest BCUT2D eigenvalue weighted by atomic mass is 9.86. The summed E-state index contributed by atoms with van der Waals surface area (Å²) >= 11 is 0. The van der Waals surface area contributed by atoms with E-state index in [2.05, 4.69) is 6.07 Å². The fourth-order valence-corrected chi connectivity index (χ4v) is 2.83. The predicted octanol–water partition coefficient (Wildman–Crippen LogP) is 3.41. The molecule has 0 spiro atoms. The van der Waals surface area contributed by atoms with Gasteiger partial charge in [0.25, 0.3) is 0 Å². The van der Waals surface area contributed by atoms with Gasteiger partial charge in [-0.2, -0.15) is 5.26 Å². The minimum Gasteiger partial charge on any atom is -0.489 e. The summed E-state index contributed by atoms with van der Waals surface area (Å²) in [5.41, 5.74) is 3.55. The van der Waals surface area contributed by atoms with E-state index in [0.29, 0.717) is 24.3 Å². The molecule has 4 nitrogen and oxygen atoms in total. The minimum atomic E-state index is -0.398. The summed E-state index contributed by atoms with van der Waals surface area (Å²) in [4.78, 5) is 11.7. The summed E-state index contributed by atoms with van der Waals surface area (Å²) in [5, 5.41) is 9.18. The number of methoxy groups -OCH3 is 1. The molecule has 0 amide bonds. The van der Waals surface area contributed by atoms with Crippen LogP contribution in [0.2, 0.25) is 0 Å². The van der Waals surface area contributed by atoms with E-state index in [-0.39, 0.29) is 5.92 Å². The van der Waals surface area contributed by atoms with E-state index in [4.69, 9.17) is 9.47 Å². The van der Waals surface area contributed by atoms with E-state index in [1.165, 1.54) is 7.11 Å². The van der Waals surface area contributed by atoms with Crippen LogP contribution in [0.15, 0.2) is 42.5 Å². The third-order valence-electron chi connectivity index (χ3n) is 3.92. The van der Waals surface area contributed by atoms with E-state index in [0.717, 1.165) is 16.7 Å². The lowest BCUT2D eigenvalue weighted by molar-refractivity contribution is 0.0600. The molecule has 0 fully saturated rings. The Morgan fingerprint density at radius 3 is 2.91 bits per heavy atom. The summed E-state index contributed by atoms with van der Waals surface area (Å²) < 4.78 is 10.6. The zero-order valence-corrected chi connectivity index (χ0v) is 12.2. The standard InChI is InChI=1S/C18H15NO3/c1-21-18(20)12-6-7-16-15(8-9-19)14-5-3-2-4-13(14)11-22-17(16)10-12/h2-7,10,15H,8,11H2,1H3. The van der Waals surface area contributed by atoms with Gasteiger partial charge < -0.3 is 9.47 Å². The molecule has 2 aromatic carbocycles. The number of nitriles is 1. The van der Waals surface area contributed by atoms with Crippen LogP contribution >= 0.6 is 0 Å². The smallest absolute Gasteiger partial charge is 0.337 e. The zero-order chi connectivity index (χ0) is 15.5. The number of hydrogen-bond acceptors (Lipinski definition) is 4. The van der Waals surface area contributed by atoms with E-state index in [1.54, 1.807) is 12.1 Å². The second kappa shape index (κ2) is 5.90. The number of esters is 1. The van der Waals surface area contributed by atoms with Gasteiger partial charge >= 0.3 is 5.97 Å². The Labute approximate surface area is 128 Å². The van der Waals surface area contributed by atoms with Gasteiger partial charge in [0, 0.05) is 17.9 Å². The van der Waals surface area contributed by atoms with Crippen molar-refractivity contribution >= 4 is 5.97 Å². The SMILES string of the molecule is COC(=O)c1ccc2c(c1)OCc1ccccc1C2CC#N. The molecular weight excluding hydrogens is 278 g/mol. The van der Waals surface area contributed by atoms with Crippen molar-refractivity contribution in [3.63, 3.8) is 0 Å². The van der Waals surface area contributed by atoms with Crippen molar-refractivity contribution in [1.82, 2.24) is 0 Å². The lowest BCUT2D eigenvalue weighted by Gasteiger charge is -2.16. The molecular formula is C18H15NO3. The number of carbonyl (C=O) groups is 1. The van der Waals surface area contributed by atoms with Crippen molar-refractivity contribution in [2.24, 2.45) is 0 Å². The number of hydrogen-bond donors (Lipinski definition) is 0. The van der Waals surface area contributed by atoms with Gasteiger partial charge in [0.15, 0.2) is 0 Å². The molecule has 0 radical (unpaired) electrons. The maximum atomic E-state index is 11.7. The molecule has 0 aliphatic carbocycles. The highest BCUT2D eigenvalue weighted by Crippen LogP contribution is 2.39. The second-order valence-electron chi connectivity index (χ2n) is 5.15. The van der Waals surface area contributed by atoms with Crippen LogP contribution < -0.4 is 4.74 Å². The fraction of sp³-hybridized carbons (Fsp3) is 0.222. The van der Waals surface area contributed by atoms with E-state index >= 15 is 0 Å². The van der Waals surface area contributed by atoms with E-state index in [1.807, 2.05) is 30.3 Å². The summed E-state index contributed by atoms with van der Waals surface area (Å²) in [6.45, 7) is 0.426. The Morgan fingerprint density at radius 2 is 2.14 bits per heavy atom. The second-order valence-corrected chi connectivity index (χ2v) is 5.15. The molecule has 1 atom stereocenters. The molecule has 1 aliphatic heterocycles. The molecule has 1 heterocycles. The number of nitrogens with zero attached hydrogens (tertiary/aromatic N) is 1. The Hall–Kier alpha value is -2.80. The molecule has 22 heavy (non-hydrogen) atoms. The molecule has 0 aromatic heterocycles. The van der Waals surface area contributed by atoms with Gasteiger partial charge in [0.2, 0.25) is 0 Å². The Kier molecular flexibility index (Phi) is 3.80. The van der Waals surface area contributed by atoms with Crippen molar-refractivity contribution in [3.8, 4) is 11.8 Å². The number of fused-ring (bicyclic) bond motifs is 2. The van der Waals surface area contributed by atoms with Gasteiger partial charge in [-0.05, 0) is 23.3 Å². The number of rotatable bonds is 2. The largest absolute Gasteiger partial charge is 0.489 e. The monoisotopic (exact) mass is 293 g/mol. The van der Waals surface area contributed by atoms with Crippen LogP contribution in [-0.2, 0) is 11.3 Å². The molecule has 4 heteroatoms. The quantitative estimate of drug-likeness (QED) is 0.796. The molecule has 2 aromatic rings.